The number of aromatic nitrogens is 2. The average molecular weight is 223 g/mol. The van der Waals surface area contributed by atoms with Crippen LogP contribution in [-0.2, 0) is 6.54 Å². The van der Waals surface area contributed by atoms with Crippen LogP contribution in [0.1, 0.15) is 52.3 Å². The van der Waals surface area contributed by atoms with Crippen LogP contribution >= 0.6 is 0 Å². The molecule has 0 saturated carbocycles. The van der Waals surface area contributed by atoms with Crippen LogP contribution in [0.3, 0.4) is 0 Å². The van der Waals surface area contributed by atoms with Crippen LogP contribution in [-0.4, -0.2) is 22.1 Å². The molecule has 1 aromatic heterocycles. The molecule has 92 valence electrons. The normalized spacial score (nSPS) is 11.6. The molecule has 0 saturated heterocycles. The molecule has 0 aliphatic carbocycles. The number of hydrogen-bond donors (Lipinski definition) is 1. The van der Waals surface area contributed by atoms with Crippen molar-refractivity contribution in [3.63, 3.8) is 0 Å². The van der Waals surface area contributed by atoms with Crippen molar-refractivity contribution >= 4 is 0 Å². The summed E-state index contributed by atoms with van der Waals surface area (Å²) in [4.78, 5) is 4.39. The first-order chi connectivity index (χ1) is 7.61. The lowest BCUT2D eigenvalue weighted by atomic mass is 10.2. The molecule has 0 spiro atoms. The van der Waals surface area contributed by atoms with Crippen molar-refractivity contribution in [2.45, 2.75) is 59.0 Å². The minimum absolute atomic E-state index is 0.517. The summed E-state index contributed by atoms with van der Waals surface area (Å²) < 4.78 is 2.28. The third-order valence-corrected chi connectivity index (χ3v) is 2.64. The molecule has 1 heterocycles. The van der Waals surface area contributed by atoms with Crippen LogP contribution in [0.4, 0.5) is 0 Å². The predicted octanol–water partition coefficient (Wildman–Crippen LogP) is 2.78. The van der Waals surface area contributed by atoms with Crippen LogP contribution in [0, 0.1) is 0 Å². The van der Waals surface area contributed by atoms with Gasteiger partial charge in [-0.3, -0.25) is 0 Å². The Bertz CT molecular complexity index is 289. The van der Waals surface area contributed by atoms with Crippen LogP contribution < -0.4 is 5.32 Å². The number of unbranched alkanes of at least 4 members (excludes halogenated alkanes) is 1. The van der Waals surface area contributed by atoms with Gasteiger partial charge in [-0.1, -0.05) is 27.7 Å². The van der Waals surface area contributed by atoms with Gasteiger partial charge in [0, 0.05) is 30.9 Å². The van der Waals surface area contributed by atoms with Gasteiger partial charge in [0.25, 0.3) is 0 Å². The van der Waals surface area contributed by atoms with Gasteiger partial charge in [0.1, 0.15) is 5.82 Å². The zero-order valence-corrected chi connectivity index (χ0v) is 11.0. The fraction of sp³-hybridized carbons (Fsp3) is 0.769. The third-order valence-electron chi connectivity index (χ3n) is 2.64. The molecule has 0 aliphatic heterocycles. The van der Waals surface area contributed by atoms with E-state index in [1.807, 2.05) is 6.20 Å². The highest BCUT2D eigenvalue weighted by Gasteiger charge is 2.06. The molecule has 0 aromatic carbocycles. The van der Waals surface area contributed by atoms with Gasteiger partial charge >= 0.3 is 0 Å². The fourth-order valence-corrected chi connectivity index (χ4v) is 1.81. The molecule has 0 aliphatic rings. The molecule has 0 fully saturated rings. The standard InChI is InChI=1S/C13H25N3/c1-11(2)13-15-8-10-16(13)9-6-5-7-14-12(3)4/h8,10-12,14H,5-7,9H2,1-4H3. The first-order valence-corrected chi connectivity index (χ1v) is 6.35. The van der Waals surface area contributed by atoms with Crippen molar-refractivity contribution in [1.29, 1.82) is 0 Å². The third kappa shape index (κ3) is 4.35. The monoisotopic (exact) mass is 223 g/mol. The van der Waals surface area contributed by atoms with E-state index in [1.54, 1.807) is 0 Å². The first-order valence-electron chi connectivity index (χ1n) is 6.35. The van der Waals surface area contributed by atoms with E-state index in [0.717, 1.165) is 13.1 Å². The molecule has 3 nitrogen and oxygen atoms in total. The zero-order chi connectivity index (χ0) is 12.0. The van der Waals surface area contributed by atoms with Crippen molar-refractivity contribution < 1.29 is 0 Å². The Hall–Kier alpha value is -0.830. The van der Waals surface area contributed by atoms with Crippen molar-refractivity contribution in [2.75, 3.05) is 6.54 Å². The molecule has 0 radical (unpaired) electrons. The topological polar surface area (TPSA) is 29.9 Å². The van der Waals surface area contributed by atoms with Crippen LogP contribution in [0.25, 0.3) is 0 Å². The summed E-state index contributed by atoms with van der Waals surface area (Å²) in [6.07, 6.45) is 6.44. The molecule has 3 heteroatoms. The molecular weight excluding hydrogens is 198 g/mol. The SMILES string of the molecule is CC(C)NCCCCn1ccnc1C(C)C. The van der Waals surface area contributed by atoms with E-state index >= 15 is 0 Å². The fourth-order valence-electron chi connectivity index (χ4n) is 1.81. The zero-order valence-electron chi connectivity index (χ0n) is 11.0. The van der Waals surface area contributed by atoms with Gasteiger partial charge < -0.3 is 9.88 Å². The van der Waals surface area contributed by atoms with E-state index < -0.39 is 0 Å². The van der Waals surface area contributed by atoms with E-state index in [4.69, 9.17) is 0 Å². The van der Waals surface area contributed by atoms with Gasteiger partial charge in [0.05, 0.1) is 0 Å². The lowest BCUT2D eigenvalue weighted by Crippen LogP contribution is -2.23. The lowest BCUT2D eigenvalue weighted by molar-refractivity contribution is 0.520. The van der Waals surface area contributed by atoms with Gasteiger partial charge in [-0.15, -0.1) is 0 Å². The van der Waals surface area contributed by atoms with Gasteiger partial charge in [0.2, 0.25) is 0 Å². The van der Waals surface area contributed by atoms with E-state index in [9.17, 15) is 0 Å². The van der Waals surface area contributed by atoms with E-state index in [2.05, 4.69) is 48.8 Å². The maximum atomic E-state index is 4.39. The van der Waals surface area contributed by atoms with Gasteiger partial charge in [-0.25, -0.2) is 4.98 Å². The molecule has 1 rings (SSSR count). The van der Waals surface area contributed by atoms with Gasteiger partial charge in [0.15, 0.2) is 0 Å². The van der Waals surface area contributed by atoms with Gasteiger partial charge in [-0.2, -0.15) is 0 Å². The maximum Gasteiger partial charge on any atom is 0.111 e. The summed E-state index contributed by atoms with van der Waals surface area (Å²) in [5, 5.41) is 3.44. The highest BCUT2D eigenvalue weighted by molar-refractivity contribution is 4.97. The second kappa shape index (κ2) is 6.69. The van der Waals surface area contributed by atoms with Gasteiger partial charge in [-0.05, 0) is 19.4 Å². The highest BCUT2D eigenvalue weighted by Crippen LogP contribution is 2.12. The number of nitrogens with zero attached hydrogens (tertiary/aromatic N) is 2. The number of nitrogens with one attached hydrogen (secondary N) is 1. The first kappa shape index (κ1) is 13.2. The molecule has 0 unspecified atom stereocenters. The second-order valence-electron chi connectivity index (χ2n) is 4.95. The Morgan fingerprint density at radius 3 is 2.62 bits per heavy atom. The summed E-state index contributed by atoms with van der Waals surface area (Å²) in [6, 6.07) is 0.597. The molecule has 0 atom stereocenters. The van der Waals surface area contributed by atoms with E-state index in [0.29, 0.717) is 12.0 Å². The minimum Gasteiger partial charge on any atom is -0.335 e. The number of hydrogen-bond acceptors (Lipinski definition) is 2. The quantitative estimate of drug-likeness (QED) is 0.720. The predicted molar refractivity (Wildman–Crippen MR) is 68.7 cm³/mol. The van der Waals surface area contributed by atoms with Crippen LogP contribution in [0.2, 0.25) is 0 Å². The average Bonchev–Trinajstić information content (AvgIpc) is 2.65. The largest absolute Gasteiger partial charge is 0.335 e. The Labute approximate surface area is 99.3 Å². The highest BCUT2D eigenvalue weighted by atomic mass is 15.1. The number of aryl methyl sites for hydroxylation is 1. The summed E-state index contributed by atoms with van der Waals surface area (Å²) in [6.45, 7) is 11.0. The Morgan fingerprint density at radius 2 is 2.00 bits per heavy atom. The second-order valence-corrected chi connectivity index (χ2v) is 4.95. The van der Waals surface area contributed by atoms with Crippen LogP contribution in [0.15, 0.2) is 12.4 Å². The Balaban J connectivity index is 2.24. The minimum atomic E-state index is 0.517. The molecular formula is C13H25N3. The van der Waals surface area contributed by atoms with Crippen molar-refractivity contribution in [3.8, 4) is 0 Å². The van der Waals surface area contributed by atoms with E-state index in [-0.39, 0.29) is 0 Å². The van der Waals surface area contributed by atoms with Crippen molar-refractivity contribution in [2.24, 2.45) is 0 Å². The summed E-state index contributed by atoms with van der Waals surface area (Å²) in [7, 11) is 0. The summed E-state index contributed by atoms with van der Waals surface area (Å²) in [5.74, 6) is 1.72. The van der Waals surface area contributed by atoms with E-state index in [1.165, 1.54) is 18.7 Å². The Morgan fingerprint density at radius 1 is 1.25 bits per heavy atom. The molecule has 0 bridgehead atoms. The smallest absolute Gasteiger partial charge is 0.111 e. The van der Waals surface area contributed by atoms with Crippen molar-refractivity contribution in [1.82, 2.24) is 14.9 Å². The lowest BCUT2D eigenvalue weighted by Gasteiger charge is -2.11. The molecule has 0 amide bonds. The number of rotatable bonds is 7. The Kier molecular flexibility index (Phi) is 5.53. The maximum absolute atomic E-state index is 4.39. The summed E-state index contributed by atoms with van der Waals surface area (Å²) in [5.41, 5.74) is 0. The molecule has 1 N–H and O–H groups in total. The van der Waals surface area contributed by atoms with Crippen LogP contribution in [0.5, 0.6) is 0 Å². The number of imidazole rings is 1. The molecule has 1 aromatic rings. The molecule has 16 heavy (non-hydrogen) atoms. The van der Waals surface area contributed by atoms with Crippen molar-refractivity contribution in [3.05, 3.63) is 18.2 Å². The summed E-state index contributed by atoms with van der Waals surface area (Å²) >= 11 is 0.